The van der Waals surface area contributed by atoms with Gasteiger partial charge in [-0.2, -0.15) is 0 Å². The summed E-state index contributed by atoms with van der Waals surface area (Å²) in [6.45, 7) is 0. The molecule has 0 aliphatic heterocycles. The van der Waals surface area contributed by atoms with Crippen molar-refractivity contribution in [3.05, 3.63) is 42.0 Å². The molecule has 0 aromatic carbocycles. The normalized spacial score (nSPS) is 10.2. The highest BCUT2D eigenvalue weighted by molar-refractivity contribution is 7.98. The van der Waals surface area contributed by atoms with Crippen LogP contribution in [0.15, 0.2) is 40.0 Å². The maximum atomic E-state index is 10.5. The number of aromatic carboxylic acids is 1. The van der Waals surface area contributed by atoms with Gasteiger partial charge in [-0.3, -0.25) is 0 Å². The zero-order valence-electron chi connectivity index (χ0n) is 8.16. The molecule has 0 fully saturated rings. The van der Waals surface area contributed by atoms with Gasteiger partial charge in [0.1, 0.15) is 10.8 Å². The van der Waals surface area contributed by atoms with Crippen molar-refractivity contribution in [3.63, 3.8) is 0 Å². The largest absolute Gasteiger partial charge is 0.476 e. The highest BCUT2D eigenvalue weighted by Gasteiger charge is 2.05. The highest BCUT2D eigenvalue weighted by Crippen LogP contribution is 2.20. The Balaban J connectivity index is 1.98. The fourth-order valence-corrected chi connectivity index (χ4v) is 1.77. The van der Waals surface area contributed by atoms with Gasteiger partial charge in [-0.15, -0.1) is 10.2 Å². The summed E-state index contributed by atoms with van der Waals surface area (Å²) in [5, 5.41) is 16.7. The first-order chi connectivity index (χ1) is 7.75. The number of hydrogen-bond acceptors (Lipinski definition) is 5. The van der Waals surface area contributed by atoms with E-state index in [9.17, 15) is 4.79 Å². The van der Waals surface area contributed by atoms with Crippen LogP contribution in [0.1, 0.15) is 16.2 Å². The molecule has 0 aliphatic rings. The molecular formula is C10H8N2O3S. The van der Waals surface area contributed by atoms with Gasteiger partial charge < -0.3 is 9.52 Å². The van der Waals surface area contributed by atoms with Crippen molar-refractivity contribution in [1.29, 1.82) is 0 Å². The number of carboxylic acid groups (broad SMARTS) is 1. The minimum atomic E-state index is -1.07. The Morgan fingerprint density at radius 2 is 2.25 bits per heavy atom. The first-order valence-corrected chi connectivity index (χ1v) is 5.46. The molecule has 2 rings (SSSR count). The minimum Gasteiger partial charge on any atom is -0.476 e. The summed E-state index contributed by atoms with van der Waals surface area (Å²) < 4.78 is 5.15. The maximum Gasteiger partial charge on any atom is 0.356 e. The fourth-order valence-electron chi connectivity index (χ4n) is 1.05. The quantitative estimate of drug-likeness (QED) is 0.819. The van der Waals surface area contributed by atoms with E-state index in [4.69, 9.17) is 9.52 Å². The van der Waals surface area contributed by atoms with Crippen LogP contribution in [0.2, 0.25) is 0 Å². The molecule has 0 radical (unpaired) electrons. The van der Waals surface area contributed by atoms with E-state index in [1.165, 1.54) is 17.8 Å². The second-order valence-electron chi connectivity index (χ2n) is 2.93. The third-order valence-corrected chi connectivity index (χ3v) is 2.74. The van der Waals surface area contributed by atoms with E-state index in [2.05, 4.69) is 10.2 Å². The molecule has 2 heterocycles. The maximum absolute atomic E-state index is 10.5. The SMILES string of the molecule is O=C(O)c1ccc(SCc2ccco2)nn1. The van der Waals surface area contributed by atoms with Gasteiger partial charge in [-0.05, 0) is 24.3 Å². The number of thioether (sulfide) groups is 1. The molecule has 16 heavy (non-hydrogen) atoms. The van der Waals surface area contributed by atoms with Crippen molar-refractivity contribution in [2.24, 2.45) is 0 Å². The van der Waals surface area contributed by atoms with Gasteiger partial charge in [0.15, 0.2) is 5.69 Å². The monoisotopic (exact) mass is 236 g/mol. The van der Waals surface area contributed by atoms with Crippen LogP contribution in [0, 0.1) is 0 Å². The molecule has 82 valence electrons. The summed E-state index contributed by atoms with van der Waals surface area (Å²) in [4.78, 5) is 10.5. The Hall–Kier alpha value is -1.82. The lowest BCUT2D eigenvalue weighted by molar-refractivity contribution is 0.0689. The third kappa shape index (κ3) is 2.60. The Bertz CT molecular complexity index is 467. The second-order valence-corrected chi connectivity index (χ2v) is 3.93. The molecule has 2 aromatic heterocycles. The third-order valence-electron chi connectivity index (χ3n) is 1.80. The van der Waals surface area contributed by atoms with Gasteiger partial charge in [-0.1, -0.05) is 11.8 Å². The van der Waals surface area contributed by atoms with Crippen molar-refractivity contribution in [2.45, 2.75) is 10.8 Å². The van der Waals surface area contributed by atoms with E-state index < -0.39 is 5.97 Å². The predicted octanol–water partition coefficient (Wildman–Crippen LogP) is 2.06. The zero-order chi connectivity index (χ0) is 11.4. The fraction of sp³-hybridized carbons (Fsp3) is 0.100. The van der Waals surface area contributed by atoms with Crippen LogP contribution < -0.4 is 0 Å². The Labute approximate surface area is 95.5 Å². The van der Waals surface area contributed by atoms with Crippen molar-refractivity contribution < 1.29 is 14.3 Å². The summed E-state index contributed by atoms with van der Waals surface area (Å²) in [6.07, 6.45) is 1.61. The van der Waals surface area contributed by atoms with Crippen molar-refractivity contribution in [1.82, 2.24) is 10.2 Å². The standard InChI is InChI=1S/C10H8N2O3S/c13-10(14)8-3-4-9(12-11-8)16-6-7-2-1-5-15-7/h1-5H,6H2,(H,13,14). The molecule has 0 atom stereocenters. The highest BCUT2D eigenvalue weighted by atomic mass is 32.2. The van der Waals surface area contributed by atoms with Gasteiger partial charge in [0.2, 0.25) is 0 Å². The van der Waals surface area contributed by atoms with Crippen LogP contribution in [0.3, 0.4) is 0 Å². The number of carboxylic acids is 1. The van der Waals surface area contributed by atoms with E-state index in [1.54, 1.807) is 12.3 Å². The van der Waals surface area contributed by atoms with Crippen LogP contribution in [0.5, 0.6) is 0 Å². The topological polar surface area (TPSA) is 76.2 Å². The van der Waals surface area contributed by atoms with Gasteiger partial charge in [0.25, 0.3) is 0 Å². The van der Waals surface area contributed by atoms with Crippen molar-refractivity contribution in [3.8, 4) is 0 Å². The lowest BCUT2D eigenvalue weighted by atomic mass is 10.4. The van der Waals surface area contributed by atoms with Gasteiger partial charge >= 0.3 is 5.97 Å². The Morgan fingerprint density at radius 3 is 2.81 bits per heavy atom. The molecule has 0 aliphatic carbocycles. The number of carbonyl (C=O) groups is 1. The molecule has 5 nitrogen and oxygen atoms in total. The molecular weight excluding hydrogens is 228 g/mol. The minimum absolute atomic E-state index is 0.0534. The van der Waals surface area contributed by atoms with E-state index >= 15 is 0 Å². The summed E-state index contributed by atoms with van der Waals surface area (Å²) in [7, 11) is 0. The number of nitrogens with zero attached hydrogens (tertiary/aromatic N) is 2. The van der Waals surface area contributed by atoms with Gasteiger partial charge in [-0.25, -0.2) is 4.79 Å². The smallest absolute Gasteiger partial charge is 0.356 e. The average Bonchev–Trinajstić information content (AvgIpc) is 2.80. The Morgan fingerprint density at radius 1 is 1.38 bits per heavy atom. The van der Waals surface area contributed by atoms with Gasteiger partial charge in [0.05, 0.1) is 12.0 Å². The molecule has 6 heteroatoms. The zero-order valence-corrected chi connectivity index (χ0v) is 8.98. The van der Waals surface area contributed by atoms with Crippen LogP contribution in [0.25, 0.3) is 0 Å². The van der Waals surface area contributed by atoms with E-state index in [1.807, 2.05) is 12.1 Å². The second kappa shape index (κ2) is 4.80. The lowest BCUT2D eigenvalue weighted by Gasteiger charge is -1.97. The molecule has 0 spiro atoms. The van der Waals surface area contributed by atoms with Crippen LogP contribution in [0.4, 0.5) is 0 Å². The first kappa shape index (κ1) is 10.7. The van der Waals surface area contributed by atoms with Crippen LogP contribution in [-0.4, -0.2) is 21.3 Å². The van der Waals surface area contributed by atoms with E-state index in [0.717, 1.165) is 5.76 Å². The van der Waals surface area contributed by atoms with Crippen LogP contribution in [-0.2, 0) is 5.75 Å². The molecule has 0 saturated heterocycles. The van der Waals surface area contributed by atoms with Crippen LogP contribution >= 0.6 is 11.8 Å². The number of aromatic nitrogens is 2. The Kier molecular flexibility index (Phi) is 3.21. The summed E-state index contributed by atoms with van der Waals surface area (Å²) in [6, 6.07) is 6.74. The molecule has 0 amide bonds. The lowest BCUT2D eigenvalue weighted by Crippen LogP contribution is -2.01. The van der Waals surface area contributed by atoms with E-state index in [0.29, 0.717) is 10.8 Å². The molecule has 0 unspecified atom stereocenters. The van der Waals surface area contributed by atoms with Crippen molar-refractivity contribution >= 4 is 17.7 Å². The number of rotatable bonds is 4. The molecule has 0 bridgehead atoms. The predicted molar refractivity (Wildman–Crippen MR) is 57.3 cm³/mol. The molecule has 0 saturated carbocycles. The first-order valence-electron chi connectivity index (χ1n) is 4.48. The van der Waals surface area contributed by atoms with Crippen molar-refractivity contribution in [2.75, 3.05) is 0 Å². The average molecular weight is 236 g/mol. The summed E-state index contributed by atoms with van der Waals surface area (Å²) in [5.74, 6) is 0.415. The summed E-state index contributed by atoms with van der Waals surface area (Å²) in [5.41, 5.74) is -0.0534. The molecule has 1 N–H and O–H groups in total. The van der Waals surface area contributed by atoms with Gasteiger partial charge in [0, 0.05) is 0 Å². The number of hydrogen-bond donors (Lipinski definition) is 1. The van der Waals surface area contributed by atoms with E-state index in [-0.39, 0.29) is 5.69 Å². The number of furan rings is 1. The molecule has 2 aromatic rings. The summed E-state index contributed by atoms with van der Waals surface area (Å²) >= 11 is 1.44.